The van der Waals surface area contributed by atoms with Crippen molar-refractivity contribution in [2.75, 3.05) is 11.5 Å². The van der Waals surface area contributed by atoms with Crippen LogP contribution in [0.25, 0.3) is 5.69 Å². The van der Waals surface area contributed by atoms with Crippen molar-refractivity contribution in [3.05, 3.63) is 103 Å². The van der Waals surface area contributed by atoms with E-state index in [1.165, 1.54) is 0 Å². The summed E-state index contributed by atoms with van der Waals surface area (Å²) in [6.07, 6.45) is 4.02. The summed E-state index contributed by atoms with van der Waals surface area (Å²) in [5, 5.41) is 4.20. The van der Waals surface area contributed by atoms with E-state index in [-0.39, 0.29) is 18.2 Å². The number of hydrogen-bond donors (Lipinski definition) is 1. The molecule has 0 amide bonds. The Kier molecular flexibility index (Phi) is 6.91. The number of nitrogens with one attached hydrogen (secondary N) is 1. The van der Waals surface area contributed by atoms with E-state index in [4.69, 9.17) is 21.7 Å². The molecule has 0 radical (unpaired) electrons. The van der Waals surface area contributed by atoms with Crippen molar-refractivity contribution >= 4 is 23.0 Å². The summed E-state index contributed by atoms with van der Waals surface area (Å²) in [7, 11) is 0. The third-order valence-electron chi connectivity index (χ3n) is 6.09. The summed E-state index contributed by atoms with van der Waals surface area (Å²) in [6, 6.07) is 26.2. The Morgan fingerprint density at radius 3 is 2.31 bits per heavy atom. The first-order valence-electron chi connectivity index (χ1n) is 12.2. The highest BCUT2D eigenvalue weighted by Crippen LogP contribution is 2.42. The van der Waals surface area contributed by atoms with Gasteiger partial charge >= 0.3 is 0 Å². The Balaban J connectivity index is 1.57. The predicted molar refractivity (Wildman–Crippen MR) is 147 cm³/mol. The molecule has 7 heteroatoms. The number of ether oxygens (including phenoxy) is 2. The second-order valence-corrected chi connectivity index (χ2v) is 9.27. The van der Waals surface area contributed by atoms with Gasteiger partial charge in [-0.3, -0.25) is 4.98 Å². The lowest BCUT2D eigenvalue weighted by Crippen LogP contribution is -2.30. The molecule has 5 rings (SSSR count). The van der Waals surface area contributed by atoms with Crippen molar-refractivity contribution in [1.29, 1.82) is 0 Å². The van der Waals surface area contributed by atoms with Crippen molar-refractivity contribution in [1.82, 2.24) is 14.9 Å². The van der Waals surface area contributed by atoms with Crippen LogP contribution in [-0.2, 0) is 0 Å². The van der Waals surface area contributed by atoms with Gasteiger partial charge in [0.25, 0.3) is 0 Å². The number of aromatic nitrogens is 2. The van der Waals surface area contributed by atoms with Gasteiger partial charge in [0.1, 0.15) is 17.5 Å². The van der Waals surface area contributed by atoms with E-state index < -0.39 is 0 Å². The number of thiocarbonyl (C=S) groups is 1. The number of anilines is 1. The van der Waals surface area contributed by atoms with Gasteiger partial charge in [-0.05, 0) is 106 Å². The topological polar surface area (TPSA) is 51.5 Å². The van der Waals surface area contributed by atoms with Gasteiger partial charge in [0.15, 0.2) is 5.11 Å². The van der Waals surface area contributed by atoms with Gasteiger partial charge in [-0.1, -0.05) is 6.07 Å². The molecule has 1 aliphatic rings. The van der Waals surface area contributed by atoms with Crippen LogP contribution in [0.15, 0.2) is 91.3 Å². The molecule has 1 fully saturated rings. The molecule has 0 unspecified atom stereocenters. The van der Waals surface area contributed by atoms with Crippen LogP contribution in [0.2, 0.25) is 0 Å². The van der Waals surface area contributed by atoms with Gasteiger partial charge in [-0.2, -0.15) is 0 Å². The lowest BCUT2D eigenvalue weighted by atomic mass is 10.0. The van der Waals surface area contributed by atoms with Crippen molar-refractivity contribution in [3.63, 3.8) is 0 Å². The van der Waals surface area contributed by atoms with Gasteiger partial charge in [-0.15, -0.1) is 0 Å². The maximum atomic E-state index is 5.89. The van der Waals surface area contributed by atoms with Gasteiger partial charge in [0.05, 0.1) is 24.4 Å². The summed E-state index contributed by atoms with van der Waals surface area (Å²) >= 11 is 5.89. The molecular weight excluding hydrogens is 468 g/mol. The molecule has 1 N–H and O–H groups in total. The van der Waals surface area contributed by atoms with E-state index in [0.717, 1.165) is 34.3 Å². The van der Waals surface area contributed by atoms with Crippen LogP contribution in [0.5, 0.6) is 11.5 Å². The largest absolute Gasteiger partial charge is 0.494 e. The minimum atomic E-state index is -0.123. The molecule has 3 heterocycles. The van der Waals surface area contributed by atoms with Crippen molar-refractivity contribution in [2.45, 2.75) is 39.0 Å². The van der Waals surface area contributed by atoms with Crippen LogP contribution in [0, 0.1) is 0 Å². The second-order valence-electron chi connectivity index (χ2n) is 8.89. The number of nitrogens with zero attached hydrogens (tertiary/aromatic N) is 3. The highest BCUT2D eigenvalue weighted by molar-refractivity contribution is 7.80. The maximum Gasteiger partial charge on any atom is 0.174 e. The second kappa shape index (κ2) is 10.4. The van der Waals surface area contributed by atoms with E-state index in [2.05, 4.69) is 62.4 Å². The molecular formula is C29H30N4O2S. The summed E-state index contributed by atoms with van der Waals surface area (Å²) in [4.78, 5) is 6.84. The smallest absolute Gasteiger partial charge is 0.174 e. The molecule has 0 spiro atoms. The zero-order chi connectivity index (χ0) is 25.1. The fourth-order valence-electron chi connectivity index (χ4n) is 4.63. The van der Waals surface area contributed by atoms with Crippen LogP contribution >= 0.6 is 12.2 Å². The quantitative estimate of drug-likeness (QED) is 0.291. The minimum Gasteiger partial charge on any atom is -0.494 e. The van der Waals surface area contributed by atoms with Crippen LogP contribution < -0.4 is 19.7 Å². The van der Waals surface area contributed by atoms with Crippen LogP contribution in [0.1, 0.15) is 44.2 Å². The first kappa shape index (κ1) is 23.9. The highest BCUT2D eigenvalue weighted by Gasteiger charge is 2.42. The predicted octanol–water partition coefficient (Wildman–Crippen LogP) is 6.24. The first-order chi connectivity index (χ1) is 17.5. The zero-order valence-electron chi connectivity index (χ0n) is 20.7. The minimum absolute atomic E-state index is 0.115. The molecule has 184 valence electrons. The number of pyridine rings is 1. The van der Waals surface area contributed by atoms with E-state index in [1.807, 2.05) is 69.4 Å². The Hall–Kier alpha value is -3.84. The third-order valence-corrected chi connectivity index (χ3v) is 6.41. The number of hydrogen-bond acceptors (Lipinski definition) is 4. The molecule has 0 bridgehead atoms. The summed E-state index contributed by atoms with van der Waals surface area (Å²) < 4.78 is 13.7. The SMILES string of the molecule is CCOc1ccc(-n2cccc2[C@H]2[C@H](c3ccccn3)NC(=S)N2c2ccc(OC(C)C)cc2)cc1. The molecule has 0 aliphatic carbocycles. The first-order valence-corrected chi connectivity index (χ1v) is 12.6. The van der Waals surface area contributed by atoms with Crippen LogP contribution in [-0.4, -0.2) is 27.4 Å². The molecule has 0 saturated carbocycles. The normalized spacial score (nSPS) is 17.3. The summed E-state index contributed by atoms with van der Waals surface area (Å²) in [5.41, 5.74) is 4.08. The molecule has 36 heavy (non-hydrogen) atoms. The Bertz CT molecular complexity index is 1300. The van der Waals surface area contributed by atoms with Crippen molar-refractivity contribution < 1.29 is 9.47 Å². The lowest BCUT2D eigenvalue weighted by Gasteiger charge is -2.29. The third kappa shape index (κ3) is 4.79. The molecule has 1 saturated heterocycles. The summed E-state index contributed by atoms with van der Waals surface area (Å²) in [6.45, 7) is 6.68. The number of rotatable bonds is 8. The fraction of sp³-hybridized carbons (Fsp3) is 0.241. The van der Waals surface area contributed by atoms with Gasteiger partial charge in [0, 0.05) is 29.5 Å². The molecule has 2 aromatic heterocycles. The van der Waals surface area contributed by atoms with E-state index in [1.54, 1.807) is 0 Å². The van der Waals surface area contributed by atoms with Crippen molar-refractivity contribution in [2.24, 2.45) is 0 Å². The molecule has 6 nitrogen and oxygen atoms in total. The Morgan fingerprint density at radius 1 is 0.917 bits per heavy atom. The van der Waals surface area contributed by atoms with Crippen molar-refractivity contribution in [3.8, 4) is 17.2 Å². The number of benzene rings is 2. The Morgan fingerprint density at radius 2 is 1.64 bits per heavy atom. The van der Waals surface area contributed by atoms with Gasteiger partial charge in [-0.25, -0.2) is 0 Å². The Labute approximate surface area is 217 Å². The standard InChI is InChI=1S/C29H30N4O2S/c1-4-34-23-14-10-21(11-15-23)32-19-7-9-26(32)28-27(25-8-5-6-18-30-25)31-29(36)33(28)22-12-16-24(17-13-22)35-20(2)3/h5-20,27-28H,4H2,1-3H3,(H,31,36)/t27-,28-/m0/s1. The molecule has 2 aromatic carbocycles. The maximum absolute atomic E-state index is 5.89. The average Bonchev–Trinajstić information content (AvgIpc) is 3.50. The monoisotopic (exact) mass is 498 g/mol. The van der Waals surface area contributed by atoms with Crippen LogP contribution in [0.4, 0.5) is 5.69 Å². The zero-order valence-corrected chi connectivity index (χ0v) is 21.5. The molecule has 4 aromatic rings. The van der Waals surface area contributed by atoms with E-state index in [9.17, 15) is 0 Å². The van der Waals surface area contributed by atoms with E-state index >= 15 is 0 Å². The van der Waals surface area contributed by atoms with Gasteiger partial charge < -0.3 is 24.3 Å². The fourth-order valence-corrected chi connectivity index (χ4v) is 4.98. The lowest BCUT2D eigenvalue weighted by molar-refractivity contribution is 0.242. The van der Waals surface area contributed by atoms with Crippen LogP contribution in [0.3, 0.4) is 0 Å². The average molecular weight is 499 g/mol. The summed E-state index contributed by atoms with van der Waals surface area (Å²) in [5.74, 6) is 1.69. The molecule has 2 atom stereocenters. The van der Waals surface area contributed by atoms with E-state index in [0.29, 0.717) is 11.7 Å². The molecule has 1 aliphatic heterocycles. The van der Waals surface area contributed by atoms with Gasteiger partial charge in [0.2, 0.25) is 0 Å². The highest BCUT2D eigenvalue weighted by atomic mass is 32.1.